The van der Waals surface area contributed by atoms with E-state index in [4.69, 9.17) is 0 Å². The number of carbonyl (C=O) groups is 2. The van der Waals surface area contributed by atoms with Crippen LogP contribution in [0, 0.1) is 6.92 Å². The molecule has 0 aliphatic carbocycles. The molecule has 1 aliphatic rings. The highest BCUT2D eigenvalue weighted by Crippen LogP contribution is 2.26. The summed E-state index contributed by atoms with van der Waals surface area (Å²) < 4.78 is 0. The smallest absolute Gasteiger partial charge is 0.326 e. The number of phenolic OH excluding ortho intramolecular Hbond substituents is 1. The van der Waals surface area contributed by atoms with Crippen LogP contribution in [-0.4, -0.2) is 33.0 Å². The number of carbonyl (C=O) groups excluding carboxylic acids is 1. The van der Waals surface area contributed by atoms with Gasteiger partial charge < -0.3 is 15.1 Å². The Hall–Kier alpha value is -2.82. The van der Waals surface area contributed by atoms with Gasteiger partial charge in [0, 0.05) is 18.5 Å². The van der Waals surface area contributed by atoms with Gasteiger partial charge in [-0.3, -0.25) is 4.79 Å². The Bertz CT molecular complexity index is 784. The van der Waals surface area contributed by atoms with E-state index in [1.807, 2.05) is 24.3 Å². The van der Waals surface area contributed by atoms with E-state index < -0.39 is 12.0 Å². The van der Waals surface area contributed by atoms with Crippen molar-refractivity contribution in [3.63, 3.8) is 0 Å². The fourth-order valence-electron chi connectivity index (χ4n) is 2.87. The van der Waals surface area contributed by atoms with Gasteiger partial charge in [0.05, 0.1) is 0 Å². The maximum Gasteiger partial charge on any atom is 0.326 e. The second kappa shape index (κ2) is 5.76. The van der Waals surface area contributed by atoms with Crippen molar-refractivity contribution in [2.45, 2.75) is 25.9 Å². The third-order valence-electron chi connectivity index (χ3n) is 4.25. The number of fused-ring (bicyclic) bond motifs is 1. The number of carboxylic acids is 1. The van der Waals surface area contributed by atoms with Crippen molar-refractivity contribution in [1.82, 2.24) is 4.90 Å². The number of phenols is 1. The first-order valence-electron chi connectivity index (χ1n) is 7.37. The van der Waals surface area contributed by atoms with Crippen molar-refractivity contribution >= 4 is 11.9 Å². The summed E-state index contributed by atoms with van der Waals surface area (Å²) >= 11 is 0. The lowest BCUT2D eigenvalue weighted by Crippen LogP contribution is -2.48. The van der Waals surface area contributed by atoms with Gasteiger partial charge in [-0.1, -0.05) is 30.3 Å². The minimum absolute atomic E-state index is 0.0279. The number of aromatic hydroxyl groups is 1. The SMILES string of the molecule is Cc1ccc(C(=O)N2Cc3ccccc3CC2C(=O)O)cc1O. The Balaban J connectivity index is 1.97. The highest BCUT2D eigenvalue weighted by Gasteiger charge is 2.35. The molecule has 2 N–H and O–H groups in total. The number of aliphatic carboxylic acids is 1. The quantitative estimate of drug-likeness (QED) is 0.892. The van der Waals surface area contributed by atoms with Gasteiger partial charge in [-0.2, -0.15) is 0 Å². The lowest BCUT2D eigenvalue weighted by Gasteiger charge is -2.34. The molecule has 2 aromatic carbocycles. The first-order valence-corrected chi connectivity index (χ1v) is 7.37. The second-order valence-corrected chi connectivity index (χ2v) is 5.76. The summed E-state index contributed by atoms with van der Waals surface area (Å²) in [7, 11) is 0. The van der Waals surface area contributed by atoms with Crippen LogP contribution in [-0.2, 0) is 17.8 Å². The molecule has 118 valence electrons. The molecular weight excluding hydrogens is 294 g/mol. The number of aryl methyl sites for hydroxylation is 1. The highest BCUT2D eigenvalue weighted by molar-refractivity contribution is 5.97. The van der Waals surface area contributed by atoms with Crippen LogP contribution in [0.15, 0.2) is 42.5 Å². The summed E-state index contributed by atoms with van der Waals surface area (Å²) in [5.41, 5.74) is 2.87. The molecule has 0 aromatic heterocycles. The summed E-state index contributed by atoms with van der Waals surface area (Å²) in [5, 5.41) is 19.3. The fraction of sp³-hybridized carbons (Fsp3) is 0.222. The first-order chi connectivity index (χ1) is 11.0. The molecule has 2 aromatic rings. The van der Waals surface area contributed by atoms with Crippen LogP contribution in [0.2, 0.25) is 0 Å². The van der Waals surface area contributed by atoms with Gasteiger partial charge >= 0.3 is 5.97 Å². The van der Waals surface area contributed by atoms with Crippen LogP contribution < -0.4 is 0 Å². The maximum absolute atomic E-state index is 12.7. The molecule has 1 amide bonds. The van der Waals surface area contributed by atoms with E-state index in [1.165, 1.54) is 11.0 Å². The zero-order chi connectivity index (χ0) is 16.6. The van der Waals surface area contributed by atoms with Crippen molar-refractivity contribution in [3.05, 3.63) is 64.7 Å². The third kappa shape index (κ3) is 2.77. The Morgan fingerprint density at radius 2 is 1.83 bits per heavy atom. The van der Waals surface area contributed by atoms with Crippen LogP contribution in [0.5, 0.6) is 5.75 Å². The number of amides is 1. The van der Waals surface area contributed by atoms with Gasteiger partial charge in [0.2, 0.25) is 0 Å². The largest absolute Gasteiger partial charge is 0.508 e. The van der Waals surface area contributed by atoms with Crippen LogP contribution in [0.1, 0.15) is 27.0 Å². The minimum Gasteiger partial charge on any atom is -0.508 e. The van der Waals surface area contributed by atoms with Crippen molar-refractivity contribution in [3.8, 4) is 5.75 Å². The third-order valence-corrected chi connectivity index (χ3v) is 4.25. The number of hydrogen-bond donors (Lipinski definition) is 2. The van der Waals surface area contributed by atoms with Crippen molar-refractivity contribution in [1.29, 1.82) is 0 Å². The molecule has 0 bridgehead atoms. The van der Waals surface area contributed by atoms with E-state index >= 15 is 0 Å². The minimum atomic E-state index is -1.02. The van der Waals surface area contributed by atoms with E-state index in [0.717, 1.165) is 11.1 Å². The molecule has 0 saturated heterocycles. The normalized spacial score (nSPS) is 16.7. The monoisotopic (exact) mass is 311 g/mol. The van der Waals surface area contributed by atoms with Crippen LogP contribution in [0.4, 0.5) is 0 Å². The Kier molecular flexibility index (Phi) is 3.78. The molecule has 0 saturated carbocycles. The molecule has 1 unspecified atom stereocenters. The maximum atomic E-state index is 12.7. The first kappa shape index (κ1) is 15.1. The molecule has 3 rings (SSSR count). The molecule has 5 heteroatoms. The van der Waals surface area contributed by atoms with E-state index in [-0.39, 0.29) is 24.6 Å². The predicted molar refractivity (Wildman–Crippen MR) is 84.3 cm³/mol. The van der Waals surface area contributed by atoms with Crippen molar-refractivity contribution < 1.29 is 19.8 Å². The lowest BCUT2D eigenvalue weighted by atomic mass is 9.93. The number of benzene rings is 2. The number of nitrogens with zero attached hydrogens (tertiary/aromatic N) is 1. The zero-order valence-corrected chi connectivity index (χ0v) is 12.7. The summed E-state index contributed by atoms with van der Waals surface area (Å²) in [6.07, 6.45) is 0.287. The lowest BCUT2D eigenvalue weighted by molar-refractivity contribution is -0.142. The molecule has 0 fully saturated rings. The molecule has 23 heavy (non-hydrogen) atoms. The molecule has 1 heterocycles. The van der Waals surface area contributed by atoms with Gasteiger partial charge in [0.15, 0.2) is 0 Å². The van der Waals surface area contributed by atoms with Gasteiger partial charge in [-0.15, -0.1) is 0 Å². The average molecular weight is 311 g/mol. The second-order valence-electron chi connectivity index (χ2n) is 5.76. The molecular formula is C18H17NO4. The van der Waals surface area contributed by atoms with E-state index in [2.05, 4.69) is 0 Å². The Morgan fingerprint density at radius 3 is 2.48 bits per heavy atom. The van der Waals surface area contributed by atoms with Gasteiger partial charge in [0.25, 0.3) is 5.91 Å². The average Bonchev–Trinajstić information content (AvgIpc) is 2.55. The number of rotatable bonds is 2. The standard InChI is InChI=1S/C18H17NO4/c1-11-6-7-13(9-16(11)20)17(21)19-10-14-5-3-2-4-12(14)8-15(19)18(22)23/h2-7,9,15,20H,8,10H2,1H3,(H,22,23). The Morgan fingerprint density at radius 1 is 1.13 bits per heavy atom. The van der Waals surface area contributed by atoms with E-state index in [1.54, 1.807) is 19.1 Å². The fourth-order valence-corrected chi connectivity index (χ4v) is 2.87. The predicted octanol–water partition coefficient (Wildman–Crippen LogP) is 2.35. The molecule has 1 aliphatic heterocycles. The number of carboxylic acid groups (broad SMARTS) is 1. The van der Waals surface area contributed by atoms with Crippen LogP contribution in [0.3, 0.4) is 0 Å². The topological polar surface area (TPSA) is 77.8 Å². The van der Waals surface area contributed by atoms with Crippen molar-refractivity contribution in [2.24, 2.45) is 0 Å². The molecule has 0 spiro atoms. The summed E-state index contributed by atoms with van der Waals surface area (Å²) in [6.45, 7) is 1.99. The summed E-state index contributed by atoms with van der Waals surface area (Å²) in [4.78, 5) is 25.7. The van der Waals surface area contributed by atoms with Gasteiger partial charge in [-0.05, 0) is 35.7 Å². The number of hydrogen-bond acceptors (Lipinski definition) is 3. The van der Waals surface area contributed by atoms with E-state index in [0.29, 0.717) is 11.1 Å². The Labute approximate surface area is 133 Å². The zero-order valence-electron chi connectivity index (χ0n) is 12.7. The van der Waals surface area contributed by atoms with Crippen LogP contribution in [0.25, 0.3) is 0 Å². The summed E-state index contributed by atoms with van der Waals surface area (Å²) in [5.74, 6) is -1.38. The summed E-state index contributed by atoms with van der Waals surface area (Å²) in [6, 6.07) is 11.3. The molecule has 1 atom stereocenters. The molecule has 0 radical (unpaired) electrons. The molecule has 5 nitrogen and oxygen atoms in total. The highest BCUT2D eigenvalue weighted by atomic mass is 16.4. The van der Waals surface area contributed by atoms with E-state index in [9.17, 15) is 19.8 Å². The van der Waals surface area contributed by atoms with Gasteiger partial charge in [0.1, 0.15) is 11.8 Å². The van der Waals surface area contributed by atoms with Crippen molar-refractivity contribution in [2.75, 3.05) is 0 Å². The van der Waals surface area contributed by atoms with Gasteiger partial charge in [-0.25, -0.2) is 4.79 Å². The van der Waals surface area contributed by atoms with Crippen LogP contribution >= 0.6 is 0 Å².